The Hall–Kier alpha value is -0.496. The van der Waals surface area contributed by atoms with Gasteiger partial charge in [-0.1, -0.05) is 59.8 Å². The van der Waals surface area contributed by atoms with Crippen molar-refractivity contribution in [2.45, 2.75) is 96.4 Å². The van der Waals surface area contributed by atoms with E-state index >= 15 is 0 Å². The largest absolute Gasteiger partial charge is 0.408 e. The van der Waals surface area contributed by atoms with Gasteiger partial charge in [0.2, 0.25) is 0 Å². The fraction of sp³-hybridized carbons (Fsp3) is 0.750. The maximum atomic E-state index is 10.7. The molecule has 0 aliphatic carbocycles. The summed E-state index contributed by atoms with van der Waals surface area (Å²) in [5, 5.41) is 0.217. The summed E-state index contributed by atoms with van der Waals surface area (Å²) in [6, 6.07) is 0. The van der Waals surface area contributed by atoms with Gasteiger partial charge in [-0.15, -0.1) is 6.58 Å². The molecule has 0 rings (SSSR count). The summed E-state index contributed by atoms with van der Waals surface area (Å²) in [7, 11) is -3.94. The monoisotopic (exact) mass is 384 g/mol. The lowest BCUT2D eigenvalue weighted by Crippen LogP contribution is -2.50. The van der Waals surface area contributed by atoms with Crippen LogP contribution in [0.2, 0.25) is 36.3 Å². The number of allylic oxidation sites excluding steroid dienone is 1. The number of carbonyl (C=O) groups excluding carboxylic acids is 1. The highest BCUT2D eigenvalue weighted by molar-refractivity contribution is 6.74. The Morgan fingerprint density at radius 3 is 1.60 bits per heavy atom. The molecule has 0 aliphatic heterocycles. The summed E-state index contributed by atoms with van der Waals surface area (Å²) < 4.78 is 13.2. The van der Waals surface area contributed by atoms with Crippen LogP contribution in [0.1, 0.15) is 48.0 Å². The molecular formula is C20H40O3Si2. The van der Waals surface area contributed by atoms with Crippen molar-refractivity contribution >= 4 is 22.9 Å². The Morgan fingerprint density at radius 1 is 0.880 bits per heavy atom. The van der Waals surface area contributed by atoms with E-state index in [9.17, 15) is 4.79 Å². The van der Waals surface area contributed by atoms with Gasteiger partial charge >= 0.3 is 0 Å². The molecule has 0 bridgehead atoms. The highest BCUT2D eigenvalue weighted by Gasteiger charge is 2.43. The van der Waals surface area contributed by atoms with Crippen LogP contribution >= 0.6 is 0 Å². The number of aldehydes is 1. The van der Waals surface area contributed by atoms with Crippen LogP contribution in [0.3, 0.4) is 0 Å². The molecular weight excluding hydrogens is 344 g/mol. The van der Waals surface area contributed by atoms with Crippen molar-refractivity contribution in [3.63, 3.8) is 0 Å². The van der Waals surface area contributed by atoms with Crippen molar-refractivity contribution in [3.8, 4) is 0 Å². The van der Waals surface area contributed by atoms with Crippen molar-refractivity contribution in [2.24, 2.45) is 0 Å². The van der Waals surface area contributed by atoms with Gasteiger partial charge in [0.25, 0.3) is 0 Å². The van der Waals surface area contributed by atoms with Crippen molar-refractivity contribution in [2.75, 3.05) is 0 Å². The Bertz CT molecular complexity index is 468. The molecule has 2 atom stereocenters. The fourth-order valence-corrected chi connectivity index (χ4v) is 4.28. The van der Waals surface area contributed by atoms with Gasteiger partial charge in [0.05, 0.1) is 12.2 Å². The summed E-state index contributed by atoms with van der Waals surface area (Å²) >= 11 is 0. The average molecular weight is 385 g/mol. The minimum Gasteiger partial charge on any atom is -0.408 e. The molecule has 0 fully saturated rings. The molecule has 3 nitrogen and oxygen atoms in total. The molecule has 0 heterocycles. The second-order valence-corrected chi connectivity index (χ2v) is 19.3. The number of rotatable bonds is 9. The summed E-state index contributed by atoms with van der Waals surface area (Å²) in [5.41, 5.74) is 0. The number of hydrogen-bond donors (Lipinski definition) is 0. The third-order valence-corrected chi connectivity index (χ3v) is 14.5. The van der Waals surface area contributed by atoms with Crippen molar-refractivity contribution in [1.29, 1.82) is 0 Å². The van der Waals surface area contributed by atoms with E-state index in [1.807, 2.05) is 18.2 Å². The summed E-state index contributed by atoms with van der Waals surface area (Å²) in [5.74, 6) is 0. The predicted octanol–water partition coefficient (Wildman–Crippen LogP) is 6.10. The molecule has 0 aromatic carbocycles. The number of carbonyl (C=O) groups is 1. The van der Waals surface area contributed by atoms with Gasteiger partial charge in [-0.2, -0.15) is 0 Å². The van der Waals surface area contributed by atoms with Crippen molar-refractivity contribution in [3.05, 3.63) is 24.8 Å². The standard InChI is InChI=1S/C20H40O3Si2/c1-12-17(22-24(8,9)19(2,3)4)18(15-13-14-16-21)23-25(10,11)20(5,6)7/h12-13,15-18H,1,14H2,2-11H3/b15-13-/t17-,18+/m1/s1. The maximum Gasteiger partial charge on any atom is 0.193 e. The van der Waals surface area contributed by atoms with Crippen LogP contribution in [0.5, 0.6) is 0 Å². The van der Waals surface area contributed by atoms with Crippen LogP contribution in [0.25, 0.3) is 0 Å². The SMILES string of the molecule is C=C[C@@H](O[Si](C)(C)C(C)(C)C)[C@H](/C=C\CC=O)O[Si](C)(C)C(C)(C)C. The number of hydrogen-bond acceptors (Lipinski definition) is 3. The van der Waals surface area contributed by atoms with Crippen molar-refractivity contribution < 1.29 is 13.6 Å². The lowest BCUT2D eigenvalue weighted by atomic mass is 10.2. The van der Waals surface area contributed by atoms with Gasteiger partial charge < -0.3 is 13.6 Å². The van der Waals surface area contributed by atoms with Crippen LogP contribution in [0, 0.1) is 0 Å². The molecule has 0 N–H and O–H groups in total. The first-order valence-electron chi connectivity index (χ1n) is 9.17. The van der Waals surface area contributed by atoms with E-state index in [1.165, 1.54) is 0 Å². The third-order valence-electron chi connectivity index (χ3n) is 5.59. The molecule has 0 aromatic heterocycles. The van der Waals surface area contributed by atoms with Crippen LogP contribution in [-0.4, -0.2) is 35.1 Å². The normalized spacial score (nSPS) is 16.7. The van der Waals surface area contributed by atoms with Crippen molar-refractivity contribution in [1.82, 2.24) is 0 Å². The topological polar surface area (TPSA) is 35.5 Å². The minimum absolute atomic E-state index is 0.104. The molecule has 5 heteroatoms. The smallest absolute Gasteiger partial charge is 0.193 e. The van der Waals surface area contributed by atoms with E-state index in [4.69, 9.17) is 8.85 Å². The summed E-state index contributed by atoms with van der Waals surface area (Å²) in [6.45, 7) is 26.3. The van der Waals surface area contributed by atoms with Crippen LogP contribution in [-0.2, 0) is 13.6 Å². The molecule has 146 valence electrons. The van der Waals surface area contributed by atoms with E-state index in [0.717, 1.165) is 6.29 Å². The first kappa shape index (κ1) is 24.5. The van der Waals surface area contributed by atoms with E-state index < -0.39 is 16.6 Å². The molecule has 0 aliphatic rings. The molecule has 25 heavy (non-hydrogen) atoms. The van der Waals surface area contributed by atoms with Gasteiger partial charge in [0, 0.05) is 6.42 Å². The van der Waals surface area contributed by atoms with Crippen LogP contribution in [0.15, 0.2) is 24.8 Å². The molecule has 0 amide bonds. The highest BCUT2D eigenvalue weighted by atomic mass is 28.4. The summed E-state index contributed by atoms with van der Waals surface area (Å²) in [6.07, 6.45) is 6.57. The van der Waals surface area contributed by atoms with Gasteiger partial charge in [-0.3, -0.25) is 0 Å². The van der Waals surface area contributed by atoms with Crippen LogP contribution in [0.4, 0.5) is 0 Å². The Labute approximate surface area is 158 Å². The first-order valence-corrected chi connectivity index (χ1v) is 15.0. The van der Waals surface area contributed by atoms with Gasteiger partial charge in [-0.25, -0.2) is 0 Å². The first-order chi connectivity index (χ1) is 11.1. The van der Waals surface area contributed by atoms with Gasteiger partial charge in [-0.05, 0) is 36.3 Å². The zero-order valence-corrected chi connectivity index (χ0v) is 20.1. The Kier molecular flexibility index (Phi) is 8.76. The Morgan fingerprint density at radius 2 is 1.28 bits per heavy atom. The van der Waals surface area contributed by atoms with E-state index in [1.54, 1.807) is 0 Å². The maximum absolute atomic E-state index is 10.7. The highest BCUT2D eigenvalue weighted by Crippen LogP contribution is 2.40. The van der Waals surface area contributed by atoms with E-state index in [-0.39, 0.29) is 22.3 Å². The zero-order valence-electron chi connectivity index (χ0n) is 18.1. The molecule has 0 radical (unpaired) electrons. The Balaban J connectivity index is 5.63. The van der Waals surface area contributed by atoms with Gasteiger partial charge in [0.15, 0.2) is 16.6 Å². The molecule has 0 aromatic rings. The molecule has 0 saturated heterocycles. The minimum atomic E-state index is -1.98. The van der Waals surface area contributed by atoms with E-state index in [0.29, 0.717) is 6.42 Å². The molecule has 0 spiro atoms. The molecule has 0 saturated carbocycles. The quantitative estimate of drug-likeness (QED) is 0.274. The third kappa shape index (κ3) is 7.33. The fourth-order valence-electron chi connectivity index (χ4n) is 1.77. The van der Waals surface area contributed by atoms with Gasteiger partial charge in [0.1, 0.15) is 6.29 Å². The lowest BCUT2D eigenvalue weighted by Gasteiger charge is -2.43. The molecule has 0 unspecified atom stereocenters. The lowest BCUT2D eigenvalue weighted by molar-refractivity contribution is -0.107. The summed E-state index contributed by atoms with van der Waals surface area (Å²) in [4.78, 5) is 10.7. The second-order valence-electron chi connectivity index (χ2n) is 9.75. The van der Waals surface area contributed by atoms with E-state index in [2.05, 4.69) is 74.3 Å². The average Bonchev–Trinajstić information content (AvgIpc) is 2.41. The predicted molar refractivity (Wildman–Crippen MR) is 114 cm³/mol. The zero-order chi connectivity index (χ0) is 20.1. The second kappa shape index (κ2) is 8.93. The van der Waals surface area contributed by atoms with Crippen LogP contribution < -0.4 is 0 Å².